The summed E-state index contributed by atoms with van der Waals surface area (Å²) >= 11 is 0. The SMILES string of the molecule is COc1cccc(F)c1C(=O)CCN1CCC(C)C(C)C1. The number of likely N-dealkylation sites (tertiary alicyclic amines) is 1. The number of Topliss-reactive ketones (excluding diaryl/α,β-unsaturated/α-hetero) is 1. The summed E-state index contributed by atoms with van der Waals surface area (Å²) < 4.78 is 18.9. The zero-order chi connectivity index (χ0) is 15.4. The van der Waals surface area contributed by atoms with Gasteiger partial charge in [-0.05, 0) is 36.9 Å². The van der Waals surface area contributed by atoms with Crippen LogP contribution in [-0.2, 0) is 0 Å². The lowest BCUT2D eigenvalue weighted by Crippen LogP contribution is -2.39. The summed E-state index contributed by atoms with van der Waals surface area (Å²) in [4.78, 5) is 14.6. The van der Waals surface area contributed by atoms with Gasteiger partial charge in [0, 0.05) is 19.5 Å². The van der Waals surface area contributed by atoms with E-state index in [1.165, 1.54) is 19.6 Å². The Kier molecular flexibility index (Phi) is 5.34. The van der Waals surface area contributed by atoms with Crippen molar-refractivity contribution in [3.05, 3.63) is 29.6 Å². The molecule has 1 aliphatic heterocycles. The first-order valence-electron chi connectivity index (χ1n) is 7.61. The highest BCUT2D eigenvalue weighted by atomic mass is 19.1. The quantitative estimate of drug-likeness (QED) is 0.779. The molecular formula is C17H24FNO2. The van der Waals surface area contributed by atoms with Crippen LogP contribution < -0.4 is 4.74 Å². The minimum atomic E-state index is -0.500. The largest absolute Gasteiger partial charge is 0.496 e. The van der Waals surface area contributed by atoms with Gasteiger partial charge in [0.1, 0.15) is 11.6 Å². The van der Waals surface area contributed by atoms with E-state index in [1.807, 2.05) is 0 Å². The van der Waals surface area contributed by atoms with Crippen LogP contribution >= 0.6 is 0 Å². The van der Waals surface area contributed by atoms with Gasteiger partial charge in [0.25, 0.3) is 0 Å². The predicted molar refractivity (Wildman–Crippen MR) is 81.3 cm³/mol. The molecule has 0 spiro atoms. The summed E-state index contributed by atoms with van der Waals surface area (Å²) in [6.45, 7) is 7.25. The van der Waals surface area contributed by atoms with Crippen LogP contribution in [0.25, 0.3) is 0 Å². The maximum absolute atomic E-state index is 13.9. The first-order chi connectivity index (χ1) is 10.0. The zero-order valence-corrected chi connectivity index (χ0v) is 13.1. The molecule has 4 heteroatoms. The standard InChI is InChI=1S/C17H24FNO2/c1-12-7-9-19(11-13(12)2)10-8-15(20)17-14(18)5-4-6-16(17)21-3/h4-6,12-13H,7-11H2,1-3H3. The van der Waals surface area contributed by atoms with Gasteiger partial charge in [0.05, 0.1) is 12.7 Å². The van der Waals surface area contributed by atoms with E-state index in [0.29, 0.717) is 24.6 Å². The van der Waals surface area contributed by atoms with E-state index in [0.717, 1.165) is 19.0 Å². The van der Waals surface area contributed by atoms with Gasteiger partial charge < -0.3 is 9.64 Å². The third-order valence-corrected chi connectivity index (χ3v) is 4.55. The lowest BCUT2D eigenvalue weighted by molar-refractivity contribution is 0.0920. The molecule has 0 saturated carbocycles. The van der Waals surface area contributed by atoms with Crippen molar-refractivity contribution >= 4 is 5.78 Å². The second-order valence-electron chi connectivity index (χ2n) is 6.03. The van der Waals surface area contributed by atoms with Gasteiger partial charge in [-0.25, -0.2) is 4.39 Å². The summed E-state index contributed by atoms with van der Waals surface area (Å²) in [6.07, 6.45) is 1.50. The highest BCUT2D eigenvalue weighted by Gasteiger charge is 2.24. The molecule has 21 heavy (non-hydrogen) atoms. The van der Waals surface area contributed by atoms with E-state index in [2.05, 4.69) is 18.7 Å². The Morgan fingerprint density at radius 1 is 1.38 bits per heavy atom. The summed E-state index contributed by atoms with van der Waals surface area (Å²) in [5.74, 6) is 1.03. The molecule has 2 unspecified atom stereocenters. The summed E-state index contributed by atoms with van der Waals surface area (Å²) in [7, 11) is 1.46. The van der Waals surface area contributed by atoms with Gasteiger partial charge in [-0.2, -0.15) is 0 Å². The van der Waals surface area contributed by atoms with Crippen LogP contribution in [-0.4, -0.2) is 37.4 Å². The molecule has 1 aromatic carbocycles. The average Bonchev–Trinajstić information content (AvgIpc) is 2.47. The Labute approximate surface area is 126 Å². The first-order valence-corrected chi connectivity index (χ1v) is 7.61. The van der Waals surface area contributed by atoms with Crippen LogP contribution in [0.1, 0.15) is 37.0 Å². The minimum absolute atomic E-state index is 0.0819. The normalized spacial score (nSPS) is 23.0. The van der Waals surface area contributed by atoms with Crippen molar-refractivity contribution in [1.82, 2.24) is 4.90 Å². The molecule has 0 radical (unpaired) electrons. The minimum Gasteiger partial charge on any atom is -0.496 e. The smallest absolute Gasteiger partial charge is 0.170 e. The third kappa shape index (κ3) is 3.82. The van der Waals surface area contributed by atoms with Crippen molar-refractivity contribution in [2.45, 2.75) is 26.7 Å². The topological polar surface area (TPSA) is 29.5 Å². The Balaban J connectivity index is 1.96. The number of halogens is 1. The highest BCUT2D eigenvalue weighted by molar-refractivity contribution is 5.99. The summed E-state index contributed by atoms with van der Waals surface area (Å²) in [6, 6.07) is 4.49. The van der Waals surface area contributed by atoms with Crippen LogP contribution in [0.3, 0.4) is 0 Å². The van der Waals surface area contributed by atoms with Gasteiger partial charge in [0.2, 0.25) is 0 Å². The number of carbonyl (C=O) groups is 1. The van der Waals surface area contributed by atoms with Crippen molar-refractivity contribution < 1.29 is 13.9 Å². The number of rotatable bonds is 5. The molecule has 1 fully saturated rings. The highest BCUT2D eigenvalue weighted by Crippen LogP contribution is 2.25. The molecule has 1 heterocycles. The molecule has 116 valence electrons. The van der Waals surface area contributed by atoms with Crippen LogP contribution in [0.15, 0.2) is 18.2 Å². The Morgan fingerprint density at radius 3 is 2.81 bits per heavy atom. The molecule has 0 bridgehead atoms. The average molecular weight is 293 g/mol. The number of ether oxygens (including phenoxy) is 1. The van der Waals surface area contributed by atoms with Crippen molar-refractivity contribution in [2.75, 3.05) is 26.7 Å². The van der Waals surface area contributed by atoms with E-state index < -0.39 is 5.82 Å². The monoisotopic (exact) mass is 293 g/mol. The Morgan fingerprint density at radius 2 is 2.14 bits per heavy atom. The van der Waals surface area contributed by atoms with Gasteiger partial charge >= 0.3 is 0 Å². The molecular weight excluding hydrogens is 269 g/mol. The van der Waals surface area contributed by atoms with Crippen molar-refractivity contribution in [3.63, 3.8) is 0 Å². The van der Waals surface area contributed by atoms with Crippen molar-refractivity contribution in [2.24, 2.45) is 11.8 Å². The molecule has 1 aliphatic rings. The number of hydrogen-bond donors (Lipinski definition) is 0. The second-order valence-corrected chi connectivity index (χ2v) is 6.03. The van der Waals surface area contributed by atoms with Crippen LogP contribution in [0.2, 0.25) is 0 Å². The molecule has 1 aromatic rings. The molecule has 3 nitrogen and oxygen atoms in total. The maximum Gasteiger partial charge on any atom is 0.170 e. The van der Waals surface area contributed by atoms with Crippen LogP contribution in [0.5, 0.6) is 5.75 Å². The predicted octanol–water partition coefficient (Wildman–Crippen LogP) is 3.39. The maximum atomic E-state index is 13.9. The summed E-state index contributed by atoms with van der Waals surface area (Å²) in [5, 5.41) is 0. The first kappa shape index (κ1) is 16.0. The number of carbonyl (C=O) groups excluding carboxylic acids is 1. The Hall–Kier alpha value is -1.42. The number of methoxy groups -OCH3 is 1. The fraction of sp³-hybridized carbons (Fsp3) is 0.588. The molecule has 0 aromatic heterocycles. The molecule has 2 rings (SSSR count). The van der Waals surface area contributed by atoms with E-state index in [1.54, 1.807) is 12.1 Å². The fourth-order valence-electron chi connectivity index (χ4n) is 2.88. The van der Waals surface area contributed by atoms with Crippen LogP contribution in [0, 0.1) is 17.7 Å². The molecule has 1 saturated heterocycles. The van der Waals surface area contributed by atoms with Crippen molar-refractivity contribution in [3.8, 4) is 5.75 Å². The van der Waals surface area contributed by atoms with Gasteiger partial charge in [-0.1, -0.05) is 19.9 Å². The van der Waals surface area contributed by atoms with E-state index in [9.17, 15) is 9.18 Å². The molecule has 0 aliphatic carbocycles. The lowest BCUT2D eigenvalue weighted by Gasteiger charge is -2.35. The van der Waals surface area contributed by atoms with Crippen molar-refractivity contribution in [1.29, 1.82) is 0 Å². The molecule has 2 atom stereocenters. The van der Waals surface area contributed by atoms with Crippen LogP contribution in [0.4, 0.5) is 4.39 Å². The van der Waals surface area contributed by atoms with Gasteiger partial charge in [-0.3, -0.25) is 4.79 Å². The number of ketones is 1. The fourth-order valence-corrected chi connectivity index (χ4v) is 2.88. The van der Waals surface area contributed by atoms with Gasteiger partial charge in [-0.15, -0.1) is 0 Å². The zero-order valence-electron chi connectivity index (χ0n) is 13.1. The number of piperidine rings is 1. The van der Waals surface area contributed by atoms with E-state index in [-0.39, 0.29) is 11.3 Å². The lowest BCUT2D eigenvalue weighted by atomic mass is 9.88. The Bertz CT molecular complexity index is 504. The van der Waals surface area contributed by atoms with Gasteiger partial charge in [0.15, 0.2) is 5.78 Å². The number of hydrogen-bond acceptors (Lipinski definition) is 3. The molecule has 0 amide bonds. The molecule has 0 N–H and O–H groups in total. The number of benzene rings is 1. The summed E-state index contributed by atoms with van der Waals surface area (Å²) in [5.41, 5.74) is 0.0819. The van der Waals surface area contributed by atoms with E-state index >= 15 is 0 Å². The van der Waals surface area contributed by atoms with E-state index in [4.69, 9.17) is 4.74 Å². The second kappa shape index (κ2) is 7.03. The third-order valence-electron chi connectivity index (χ3n) is 4.55. The number of nitrogens with zero attached hydrogens (tertiary/aromatic N) is 1.